The van der Waals surface area contributed by atoms with Crippen LogP contribution in [0, 0.1) is 0 Å². The van der Waals surface area contributed by atoms with Crippen LogP contribution in [0.25, 0.3) is 0 Å². The number of benzene rings is 1. The summed E-state index contributed by atoms with van der Waals surface area (Å²) in [5.41, 5.74) is 0.682. The third-order valence-corrected chi connectivity index (χ3v) is 3.29. The maximum absolute atomic E-state index is 11.7. The molecule has 0 fully saturated rings. The number of carbonyl (C=O) groups excluding carboxylic acids is 1. The summed E-state index contributed by atoms with van der Waals surface area (Å²) >= 11 is 5.95. The van der Waals surface area contributed by atoms with Gasteiger partial charge >= 0.3 is 0 Å². The number of hydrogen-bond donors (Lipinski definition) is 3. The summed E-state index contributed by atoms with van der Waals surface area (Å²) in [6.07, 6.45) is 1.04. The smallest absolute Gasteiger partial charge is 0.241 e. The number of rotatable bonds is 5. The van der Waals surface area contributed by atoms with Crippen LogP contribution in [-0.2, 0) is 14.8 Å². The van der Waals surface area contributed by atoms with Gasteiger partial charge < -0.3 is 10.6 Å². The Morgan fingerprint density at radius 3 is 2.53 bits per heavy atom. The molecule has 8 heteroatoms. The minimum Gasteiger partial charge on any atom is -0.323 e. The summed E-state index contributed by atoms with van der Waals surface area (Å²) in [6.45, 7) is 1.70. The summed E-state index contributed by atoms with van der Waals surface area (Å²) in [5.74, 6) is -0.263. The number of hydrogen-bond acceptors (Lipinski definition) is 4. The maximum Gasteiger partial charge on any atom is 0.241 e. The Balaban J connectivity index is 2.95. The van der Waals surface area contributed by atoms with Crippen LogP contribution >= 0.6 is 11.6 Å². The Bertz CT molecular complexity index is 575. The molecule has 1 rings (SSSR count). The van der Waals surface area contributed by atoms with Crippen LogP contribution < -0.4 is 15.4 Å². The standard InChI is InChI=1S/C11H16ClN3O3S/c1-7(13-2)11(16)14-10-6-8(4-5-9(10)12)15-19(3,17)18/h4-7,13,15H,1-3H3,(H,14,16). The fraction of sp³-hybridized carbons (Fsp3) is 0.364. The fourth-order valence-electron chi connectivity index (χ4n) is 1.27. The zero-order valence-corrected chi connectivity index (χ0v) is 12.4. The first-order chi connectivity index (χ1) is 8.73. The van der Waals surface area contributed by atoms with E-state index in [4.69, 9.17) is 11.6 Å². The van der Waals surface area contributed by atoms with Crippen molar-refractivity contribution in [1.29, 1.82) is 0 Å². The van der Waals surface area contributed by atoms with Gasteiger partial charge in [0.2, 0.25) is 15.9 Å². The Hall–Kier alpha value is -1.31. The highest BCUT2D eigenvalue weighted by atomic mass is 35.5. The number of halogens is 1. The second-order valence-electron chi connectivity index (χ2n) is 4.07. The average Bonchev–Trinajstić information content (AvgIpc) is 2.30. The number of nitrogens with one attached hydrogen (secondary N) is 3. The van der Waals surface area contributed by atoms with Crippen LogP contribution in [0.5, 0.6) is 0 Å². The van der Waals surface area contributed by atoms with Crippen molar-refractivity contribution in [2.45, 2.75) is 13.0 Å². The zero-order chi connectivity index (χ0) is 14.6. The number of carbonyl (C=O) groups is 1. The van der Waals surface area contributed by atoms with E-state index < -0.39 is 10.0 Å². The molecule has 0 spiro atoms. The van der Waals surface area contributed by atoms with Gasteiger partial charge in [-0.15, -0.1) is 0 Å². The Kier molecular flexibility index (Phi) is 5.16. The molecule has 19 heavy (non-hydrogen) atoms. The van der Waals surface area contributed by atoms with Crippen molar-refractivity contribution in [3.05, 3.63) is 23.2 Å². The second-order valence-corrected chi connectivity index (χ2v) is 6.22. The van der Waals surface area contributed by atoms with Crippen LogP contribution in [0.4, 0.5) is 11.4 Å². The van der Waals surface area contributed by atoms with E-state index in [-0.39, 0.29) is 11.9 Å². The van der Waals surface area contributed by atoms with Crippen molar-refractivity contribution in [2.75, 3.05) is 23.3 Å². The van der Waals surface area contributed by atoms with Crippen molar-refractivity contribution in [1.82, 2.24) is 5.32 Å². The van der Waals surface area contributed by atoms with Gasteiger partial charge in [-0.2, -0.15) is 0 Å². The number of anilines is 2. The summed E-state index contributed by atoms with van der Waals surface area (Å²) in [6, 6.07) is 4.10. The van der Waals surface area contributed by atoms with Gasteiger partial charge in [0, 0.05) is 0 Å². The van der Waals surface area contributed by atoms with Crippen LogP contribution in [0.15, 0.2) is 18.2 Å². The molecule has 1 unspecified atom stereocenters. The molecular formula is C11H16ClN3O3S. The highest BCUT2D eigenvalue weighted by Crippen LogP contribution is 2.26. The summed E-state index contributed by atoms with van der Waals surface area (Å²) < 4.78 is 24.6. The summed E-state index contributed by atoms with van der Waals surface area (Å²) in [4.78, 5) is 11.7. The fourth-order valence-corrected chi connectivity index (χ4v) is 1.99. The minimum absolute atomic E-state index is 0.263. The lowest BCUT2D eigenvalue weighted by atomic mass is 10.2. The highest BCUT2D eigenvalue weighted by molar-refractivity contribution is 7.92. The second kappa shape index (κ2) is 6.23. The van der Waals surface area contributed by atoms with Crippen LogP contribution in [0.3, 0.4) is 0 Å². The van der Waals surface area contributed by atoms with Crippen molar-refractivity contribution in [3.8, 4) is 0 Å². The van der Waals surface area contributed by atoms with E-state index in [1.54, 1.807) is 14.0 Å². The lowest BCUT2D eigenvalue weighted by Crippen LogP contribution is -2.35. The number of sulfonamides is 1. The van der Waals surface area contributed by atoms with Gasteiger partial charge in [-0.25, -0.2) is 8.42 Å². The molecule has 0 heterocycles. The summed E-state index contributed by atoms with van der Waals surface area (Å²) in [7, 11) is -1.71. The molecule has 1 aromatic carbocycles. The largest absolute Gasteiger partial charge is 0.323 e. The Morgan fingerprint density at radius 2 is 2.00 bits per heavy atom. The SMILES string of the molecule is CNC(C)C(=O)Nc1cc(NS(C)(=O)=O)ccc1Cl. The molecule has 1 amide bonds. The first-order valence-corrected chi connectivity index (χ1v) is 7.75. The third-order valence-electron chi connectivity index (χ3n) is 2.35. The molecule has 0 aliphatic heterocycles. The van der Waals surface area contributed by atoms with Crippen LogP contribution in [0.1, 0.15) is 6.92 Å². The predicted molar refractivity (Wildman–Crippen MR) is 77.1 cm³/mol. The van der Waals surface area contributed by atoms with Gasteiger partial charge in [0.25, 0.3) is 0 Å². The molecule has 0 radical (unpaired) electrons. The maximum atomic E-state index is 11.7. The van der Waals surface area contributed by atoms with Crippen molar-refractivity contribution < 1.29 is 13.2 Å². The van der Waals surface area contributed by atoms with Crippen molar-refractivity contribution in [3.63, 3.8) is 0 Å². The monoisotopic (exact) mass is 305 g/mol. The lowest BCUT2D eigenvalue weighted by molar-refractivity contribution is -0.117. The van der Waals surface area contributed by atoms with Crippen LogP contribution in [-0.4, -0.2) is 33.7 Å². The van der Waals surface area contributed by atoms with E-state index in [0.29, 0.717) is 16.4 Å². The van der Waals surface area contributed by atoms with E-state index in [1.807, 2.05) is 0 Å². The highest BCUT2D eigenvalue weighted by Gasteiger charge is 2.13. The topological polar surface area (TPSA) is 87.3 Å². The molecule has 0 aliphatic carbocycles. The average molecular weight is 306 g/mol. The van der Waals surface area contributed by atoms with Gasteiger partial charge in [0.1, 0.15) is 0 Å². The molecule has 1 aromatic rings. The van der Waals surface area contributed by atoms with E-state index >= 15 is 0 Å². The van der Waals surface area contributed by atoms with E-state index in [9.17, 15) is 13.2 Å². The molecule has 0 aromatic heterocycles. The van der Waals surface area contributed by atoms with E-state index in [2.05, 4.69) is 15.4 Å². The van der Waals surface area contributed by atoms with Gasteiger partial charge in [-0.1, -0.05) is 11.6 Å². The predicted octanol–water partition coefficient (Wildman–Crippen LogP) is 1.26. The quantitative estimate of drug-likeness (QED) is 0.764. The molecule has 6 nitrogen and oxygen atoms in total. The molecule has 0 bridgehead atoms. The molecule has 0 saturated heterocycles. The number of amides is 1. The molecular weight excluding hydrogens is 290 g/mol. The number of likely N-dealkylation sites (N-methyl/N-ethyl adjacent to an activating group) is 1. The first-order valence-electron chi connectivity index (χ1n) is 5.48. The normalized spacial score (nSPS) is 12.8. The van der Waals surface area contributed by atoms with Gasteiger partial charge in [-0.05, 0) is 32.2 Å². The Morgan fingerprint density at radius 1 is 1.37 bits per heavy atom. The van der Waals surface area contributed by atoms with Gasteiger partial charge in [0.05, 0.1) is 28.7 Å². The summed E-state index contributed by atoms with van der Waals surface area (Å²) in [5, 5.41) is 5.74. The lowest BCUT2D eigenvalue weighted by Gasteiger charge is -2.13. The molecule has 0 saturated carbocycles. The molecule has 3 N–H and O–H groups in total. The molecule has 1 atom stereocenters. The van der Waals surface area contributed by atoms with Crippen molar-refractivity contribution in [2.24, 2.45) is 0 Å². The molecule has 106 valence electrons. The zero-order valence-electron chi connectivity index (χ0n) is 10.8. The Labute approximate surface area is 117 Å². The van der Waals surface area contributed by atoms with Crippen LogP contribution in [0.2, 0.25) is 5.02 Å². The first kappa shape index (κ1) is 15.7. The third kappa shape index (κ3) is 5.06. The molecule has 0 aliphatic rings. The van der Waals surface area contributed by atoms with Gasteiger partial charge in [-0.3, -0.25) is 9.52 Å². The minimum atomic E-state index is -3.37. The van der Waals surface area contributed by atoms with E-state index in [0.717, 1.165) is 6.26 Å². The van der Waals surface area contributed by atoms with Crippen molar-refractivity contribution >= 4 is 38.9 Å². The van der Waals surface area contributed by atoms with Gasteiger partial charge in [0.15, 0.2) is 0 Å². The van der Waals surface area contributed by atoms with E-state index in [1.165, 1.54) is 18.2 Å².